The first-order valence-corrected chi connectivity index (χ1v) is 8.53. The quantitative estimate of drug-likeness (QED) is 0.771. The van der Waals surface area contributed by atoms with Crippen LogP contribution in [0.5, 0.6) is 5.75 Å². The number of rotatable bonds is 6. The molecule has 0 saturated heterocycles. The second-order valence-corrected chi connectivity index (χ2v) is 6.25. The van der Waals surface area contributed by atoms with Crippen LogP contribution in [0.3, 0.4) is 0 Å². The van der Waals surface area contributed by atoms with E-state index >= 15 is 0 Å². The minimum absolute atomic E-state index is 0.0118. The zero-order valence-corrected chi connectivity index (χ0v) is 15.2. The Hall–Kier alpha value is -3.56. The van der Waals surface area contributed by atoms with Gasteiger partial charge in [0, 0.05) is 17.7 Å². The largest absolute Gasteiger partial charge is 0.434 e. The normalized spacial score (nSPS) is 16.0. The van der Waals surface area contributed by atoms with Crippen LogP contribution in [0.1, 0.15) is 12.0 Å². The van der Waals surface area contributed by atoms with Gasteiger partial charge in [-0.05, 0) is 43.3 Å². The molecule has 10 heteroatoms. The van der Waals surface area contributed by atoms with Gasteiger partial charge in [0.1, 0.15) is 23.3 Å². The number of nitrogens with one attached hydrogen (secondary N) is 1. The predicted octanol–water partition coefficient (Wildman–Crippen LogP) is 2.79. The highest BCUT2D eigenvalue weighted by Gasteiger charge is 2.35. The van der Waals surface area contributed by atoms with Crippen LogP contribution in [0, 0.1) is 12.7 Å². The second kappa shape index (κ2) is 8.21. The number of anilines is 2. The molecule has 152 valence electrons. The van der Waals surface area contributed by atoms with Crippen molar-refractivity contribution in [3.8, 4) is 5.75 Å². The molecule has 0 saturated carbocycles. The van der Waals surface area contributed by atoms with Gasteiger partial charge in [-0.1, -0.05) is 6.07 Å². The van der Waals surface area contributed by atoms with E-state index in [9.17, 15) is 22.8 Å². The van der Waals surface area contributed by atoms with Gasteiger partial charge in [0.05, 0.1) is 5.69 Å². The van der Waals surface area contributed by atoms with Crippen molar-refractivity contribution < 1.29 is 27.5 Å². The highest BCUT2D eigenvalue weighted by atomic mass is 19.3. The minimum atomic E-state index is -3.00. The zero-order chi connectivity index (χ0) is 21.1. The molecule has 0 aromatic heterocycles. The smallest absolute Gasteiger partial charge is 0.387 e. The Morgan fingerprint density at radius 3 is 2.55 bits per heavy atom. The van der Waals surface area contributed by atoms with E-state index in [1.807, 2.05) is 0 Å². The van der Waals surface area contributed by atoms with Gasteiger partial charge < -0.3 is 15.8 Å². The molecule has 29 heavy (non-hydrogen) atoms. The Labute approximate surface area is 163 Å². The van der Waals surface area contributed by atoms with Crippen molar-refractivity contribution in [2.75, 3.05) is 10.3 Å². The van der Waals surface area contributed by atoms with Gasteiger partial charge in [-0.15, -0.1) is 0 Å². The number of hydrazone groups is 1. The van der Waals surface area contributed by atoms with E-state index in [4.69, 9.17) is 5.73 Å². The predicted molar refractivity (Wildman–Crippen MR) is 100 cm³/mol. The summed E-state index contributed by atoms with van der Waals surface area (Å²) in [6, 6.07) is 8.60. The SMILES string of the molecule is Cc1c(NC(=O)C2=NN(c3ccc(F)cc3)C(C(N)=O)C2)cccc1OC(F)F. The summed E-state index contributed by atoms with van der Waals surface area (Å²) in [7, 11) is 0. The second-order valence-electron chi connectivity index (χ2n) is 6.25. The van der Waals surface area contributed by atoms with Crippen LogP contribution in [-0.2, 0) is 9.59 Å². The molecule has 2 aromatic rings. The number of hydrogen-bond acceptors (Lipinski definition) is 5. The molecule has 2 amide bonds. The number of amides is 2. The molecule has 3 N–H and O–H groups in total. The first-order valence-electron chi connectivity index (χ1n) is 8.53. The van der Waals surface area contributed by atoms with Crippen molar-refractivity contribution in [1.82, 2.24) is 0 Å². The average molecular weight is 406 g/mol. The summed E-state index contributed by atoms with van der Waals surface area (Å²) in [4.78, 5) is 24.4. The number of carbonyl (C=O) groups is 2. The molecule has 1 aliphatic rings. The Bertz CT molecular complexity index is 964. The molecule has 0 radical (unpaired) electrons. The van der Waals surface area contributed by atoms with Crippen molar-refractivity contribution in [2.45, 2.75) is 26.0 Å². The summed E-state index contributed by atoms with van der Waals surface area (Å²) < 4.78 is 42.5. The molecular formula is C19H17F3N4O3. The number of primary amides is 1. The van der Waals surface area contributed by atoms with Gasteiger partial charge in [-0.2, -0.15) is 13.9 Å². The van der Waals surface area contributed by atoms with Gasteiger partial charge in [-0.25, -0.2) is 4.39 Å². The number of carbonyl (C=O) groups excluding carboxylic acids is 2. The first-order chi connectivity index (χ1) is 13.8. The third-order valence-electron chi connectivity index (χ3n) is 4.34. The fourth-order valence-corrected chi connectivity index (χ4v) is 2.87. The van der Waals surface area contributed by atoms with E-state index in [0.29, 0.717) is 11.3 Å². The van der Waals surface area contributed by atoms with Crippen LogP contribution in [0.4, 0.5) is 24.5 Å². The Morgan fingerprint density at radius 2 is 1.93 bits per heavy atom. The summed E-state index contributed by atoms with van der Waals surface area (Å²) in [5.41, 5.74) is 6.38. The Balaban J connectivity index is 1.83. The summed E-state index contributed by atoms with van der Waals surface area (Å²) in [6.07, 6.45) is -0.0647. The van der Waals surface area contributed by atoms with Gasteiger partial charge in [0.15, 0.2) is 0 Å². The third-order valence-corrected chi connectivity index (χ3v) is 4.34. The van der Waals surface area contributed by atoms with Crippen molar-refractivity contribution in [1.29, 1.82) is 0 Å². The van der Waals surface area contributed by atoms with E-state index in [0.717, 1.165) is 0 Å². The van der Waals surface area contributed by atoms with E-state index in [1.54, 1.807) is 0 Å². The van der Waals surface area contributed by atoms with Crippen molar-refractivity contribution >= 4 is 28.9 Å². The van der Waals surface area contributed by atoms with Crippen LogP contribution < -0.4 is 20.8 Å². The molecular weight excluding hydrogens is 389 g/mol. The first kappa shape index (κ1) is 20.2. The van der Waals surface area contributed by atoms with Crippen molar-refractivity contribution in [3.63, 3.8) is 0 Å². The summed E-state index contributed by atoms with van der Waals surface area (Å²) >= 11 is 0. The molecule has 0 bridgehead atoms. The number of nitrogens with zero attached hydrogens (tertiary/aromatic N) is 2. The van der Waals surface area contributed by atoms with E-state index in [-0.39, 0.29) is 23.6 Å². The molecule has 1 unspecified atom stereocenters. The molecule has 0 fully saturated rings. The maximum Gasteiger partial charge on any atom is 0.387 e. The molecule has 7 nitrogen and oxygen atoms in total. The standard InChI is InChI=1S/C19H17F3N4O3/c1-10-13(3-2-4-16(10)29-19(21)22)24-18(28)14-9-15(17(23)27)26(25-14)12-7-5-11(20)6-8-12/h2-8,15,19H,9H2,1H3,(H2,23,27)(H,24,28). The maximum absolute atomic E-state index is 13.2. The number of halogens is 3. The van der Waals surface area contributed by atoms with E-state index < -0.39 is 30.3 Å². The van der Waals surface area contributed by atoms with Gasteiger partial charge in [0.2, 0.25) is 5.91 Å². The summed E-state index contributed by atoms with van der Waals surface area (Å²) in [5, 5.41) is 7.97. The molecule has 2 aromatic carbocycles. The minimum Gasteiger partial charge on any atom is -0.434 e. The van der Waals surface area contributed by atoms with E-state index in [1.165, 1.54) is 54.4 Å². The van der Waals surface area contributed by atoms with Crippen LogP contribution in [0.25, 0.3) is 0 Å². The number of benzene rings is 2. The lowest BCUT2D eigenvalue weighted by molar-refractivity contribution is -0.119. The van der Waals surface area contributed by atoms with Crippen LogP contribution in [0.15, 0.2) is 47.6 Å². The molecule has 1 aliphatic heterocycles. The number of alkyl halides is 2. The highest BCUT2D eigenvalue weighted by molar-refractivity contribution is 6.44. The van der Waals surface area contributed by atoms with Gasteiger partial charge in [0.25, 0.3) is 5.91 Å². The average Bonchev–Trinajstić information content (AvgIpc) is 3.11. The fourth-order valence-electron chi connectivity index (χ4n) is 2.87. The lowest BCUT2D eigenvalue weighted by Crippen LogP contribution is -2.39. The molecule has 1 atom stereocenters. The number of ether oxygens (including phenoxy) is 1. The Morgan fingerprint density at radius 1 is 1.24 bits per heavy atom. The monoisotopic (exact) mass is 406 g/mol. The van der Waals surface area contributed by atoms with Crippen molar-refractivity contribution in [3.05, 3.63) is 53.8 Å². The molecule has 1 heterocycles. The summed E-state index contributed by atoms with van der Waals surface area (Å²) in [5.74, 6) is -1.87. The highest BCUT2D eigenvalue weighted by Crippen LogP contribution is 2.28. The Kier molecular flexibility index (Phi) is 5.71. The van der Waals surface area contributed by atoms with Crippen molar-refractivity contribution in [2.24, 2.45) is 10.8 Å². The van der Waals surface area contributed by atoms with Crippen LogP contribution in [-0.4, -0.2) is 30.2 Å². The number of hydrogen-bond donors (Lipinski definition) is 2. The van der Waals surface area contributed by atoms with E-state index in [2.05, 4.69) is 15.2 Å². The van der Waals surface area contributed by atoms with Crippen LogP contribution >= 0.6 is 0 Å². The van der Waals surface area contributed by atoms with Gasteiger partial charge in [-0.3, -0.25) is 14.6 Å². The molecule has 0 aliphatic carbocycles. The molecule has 3 rings (SSSR count). The zero-order valence-electron chi connectivity index (χ0n) is 15.2. The lowest BCUT2D eigenvalue weighted by Gasteiger charge is -2.20. The third kappa shape index (κ3) is 4.48. The molecule has 0 spiro atoms. The maximum atomic E-state index is 13.2. The number of nitrogens with two attached hydrogens (primary N) is 1. The topological polar surface area (TPSA) is 97.0 Å². The summed E-state index contributed by atoms with van der Waals surface area (Å²) in [6.45, 7) is -1.49. The van der Waals surface area contributed by atoms with Crippen LogP contribution in [0.2, 0.25) is 0 Å². The lowest BCUT2D eigenvalue weighted by atomic mass is 10.1. The van der Waals surface area contributed by atoms with Gasteiger partial charge >= 0.3 is 6.61 Å². The fraction of sp³-hybridized carbons (Fsp3) is 0.211.